The van der Waals surface area contributed by atoms with Crippen molar-refractivity contribution in [2.75, 3.05) is 19.6 Å². The first-order valence-corrected chi connectivity index (χ1v) is 6.17. The van der Waals surface area contributed by atoms with E-state index in [4.69, 9.17) is 11.5 Å². The number of carboxylic acid groups (broad SMARTS) is 1. The largest absolute Gasteiger partial charge is 0.480 e. The van der Waals surface area contributed by atoms with Crippen molar-refractivity contribution < 1.29 is 19.5 Å². The molecule has 1 rings (SSSR count). The highest BCUT2D eigenvalue weighted by Crippen LogP contribution is 2.07. The van der Waals surface area contributed by atoms with Crippen molar-refractivity contribution in [1.82, 2.24) is 10.2 Å². The zero-order valence-electron chi connectivity index (χ0n) is 9.96. The monoisotopic (exact) mass is 280 g/mol. The number of rotatable bonds is 6. The van der Waals surface area contributed by atoms with Crippen molar-refractivity contribution in [1.29, 1.82) is 0 Å². The van der Waals surface area contributed by atoms with Crippen LogP contribution >= 0.6 is 11.3 Å². The summed E-state index contributed by atoms with van der Waals surface area (Å²) in [5.74, 6) is 0.129. The van der Waals surface area contributed by atoms with E-state index in [1.807, 2.05) is 0 Å². The van der Waals surface area contributed by atoms with Gasteiger partial charge in [-0.1, -0.05) is 12.0 Å². The van der Waals surface area contributed by atoms with Crippen LogP contribution in [0.2, 0.25) is 0 Å². The summed E-state index contributed by atoms with van der Waals surface area (Å²) in [5.41, 5.74) is 0. The Balaban J connectivity index is 2.50. The quantitative estimate of drug-likeness (QED) is 0.719. The summed E-state index contributed by atoms with van der Waals surface area (Å²) in [6.45, 7) is -0.885. The highest BCUT2D eigenvalue weighted by molar-refractivity contribution is 7.12. The summed E-state index contributed by atoms with van der Waals surface area (Å²) in [7, 11) is 0. The molecule has 0 radical (unpaired) electrons. The summed E-state index contributed by atoms with van der Waals surface area (Å²) < 4.78 is 0. The summed E-state index contributed by atoms with van der Waals surface area (Å²) in [6.07, 6.45) is 5.05. The Hall–Kier alpha value is -2.33. The number of carbonyl (C=O) groups excluding carboxylic acids is 2. The van der Waals surface area contributed by atoms with Crippen LogP contribution in [0.15, 0.2) is 17.5 Å². The first-order valence-electron chi connectivity index (χ1n) is 5.29. The van der Waals surface area contributed by atoms with E-state index in [0.717, 1.165) is 4.90 Å². The zero-order valence-corrected chi connectivity index (χ0v) is 10.8. The molecule has 2 amide bonds. The molecule has 1 aromatic heterocycles. The van der Waals surface area contributed by atoms with Crippen molar-refractivity contribution in [2.45, 2.75) is 0 Å². The number of nitrogens with zero attached hydrogens (tertiary/aromatic N) is 1. The molecule has 0 aliphatic rings. The Labute approximate surface area is 114 Å². The average molecular weight is 280 g/mol. The fourth-order valence-electron chi connectivity index (χ4n) is 1.27. The Bertz CT molecular complexity index is 504. The van der Waals surface area contributed by atoms with Gasteiger partial charge in [0.2, 0.25) is 5.91 Å². The van der Waals surface area contributed by atoms with Gasteiger partial charge in [-0.25, -0.2) is 0 Å². The van der Waals surface area contributed by atoms with Gasteiger partial charge in [-0.3, -0.25) is 14.4 Å². The first kappa shape index (κ1) is 14.7. The molecule has 0 saturated heterocycles. The van der Waals surface area contributed by atoms with Crippen molar-refractivity contribution in [3.05, 3.63) is 22.4 Å². The lowest BCUT2D eigenvalue weighted by molar-refractivity contribution is -0.143. The van der Waals surface area contributed by atoms with E-state index in [-0.39, 0.29) is 19.0 Å². The van der Waals surface area contributed by atoms with Gasteiger partial charge in [-0.05, 0) is 11.4 Å². The molecule has 0 aliphatic heterocycles. The molecule has 0 aliphatic carbocycles. The number of aliphatic carboxylic acids is 1. The molecule has 6 nitrogen and oxygen atoms in total. The van der Waals surface area contributed by atoms with Crippen molar-refractivity contribution in [2.24, 2.45) is 0 Å². The van der Waals surface area contributed by atoms with Crippen LogP contribution in [0.1, 0.15) is 9.67 Å². The lowest BCUT2D eigenvalue weighted by Crippen LogP contribution is -2.42. The summed E-state index contributed by atoms with van der Waals surface area (Å²) in [4.78, 5) is 35.3. The second-order valence-electron chi connectivity index (χ2n) is 3.51. The van der Waals surface area contributed by atoms with Gasteiger partial charge in [0.25, 0.3) is 5.91 Å². The van der Waals surface area contributed by atoms with Crippen LogP contribution in [0, 0.1) is 12.3 Å². The van der Waals surface area contributed by atoms with E-state index in [1.165, 1.54) is 11.3 Å². The number of hydrogen-bond donors (Lipinski definition) is 2. The number of terminal acetylenes is 1. The predicted molar refractivity (Wildman–Crippen MR) is 69.7 cm³/mol. The molecule has 0 unspecified atom stereocenters. The minimum Gasteiger partial charge on any atom is -0.480 e. The van der Waals surface area contributed by atoms with Crippen LogP contribution in [0.25, 0.3) is 0 Å². The molecule has 0 atom stereocenters. The number of thiophene rings is 1. The molecule has 0 aromatic carbocycles. The molecule has 2 N–H and O–H groups in total. The van der Waals surface area contributed by atoms with E-state index in [1.54, 1.807) is 17.5 Å². The van der Waals surface area contributed by atoms with E-state index in [0.29, 0.717) is 4.88 Å². The Kier molecular flexibility index (Phi) is 5.57. The molecule has 19 heavy (non-hydrogen) atoms. The van der Waals surface area contributed by atoms with Gasteiger partial charge in [0.1, 0.15) is 6.54 Å². The second-order valence-corrected chi connectivity index (χ2v) is 4.46. The van der Waals surface area contributed by atoms with Crippen LogP contribution in [-0.4, -0.2) is 47.4 Å². The molecule has 1 aromatic rings. The van der Waals surface area contributed by atoms with Crippen LogP contribution in [0.4, 0.5) is 0 Å². The normalized spacial score (nSPS) is 9.42. The number of carboxylic acids is 1. The molecule has 7 heteroatoms. The van der Waals surface area contributed by atoms with E-state index in [9.17, 15) is 14.4 Å². The molecule has 0 bridgehead atoms. The lowest BCUT2D eigenvalue weighted by Gasteiger charge is -2.17. The maximum absolute atomic E-state index is 11.7. The van der Waals surface area contributed by atoms with E-state index >= 15 is 0 Å². The standard InChI is InChI=1S/C12H12N2O4S/c1-2-5-14(8-11(16)17)10(15)7-13-12(18)9-4-3-6-19-9/h1,3-4,6H,5,7-8H2,(H,13,18)(H,16,17). The fraction of sp³-hybridized carbons (Fsp3) is 0.250. The Morgan fingerprint density at radius 1 is 1.47 bits per heavy atom. The third kappa shape index (κ3) is 4.81. The van der Waals surface area contributed by atoms with Gasteiger partial charge in [0, 0.05) is 0 Å². The molecule has 0 saturated carbocycles. The molecule has 0 fully saturated rings. The van der Waals surface area contributed by atoms with Crippen LogP contribution < -0.4 is 5.32 Å². The maximum Gasteiger partial charge on any atom is 0.323 e. The number of nitrogens with one attached hydrogen (secondary N) is 1. The summed E-state index contributed by atoms with van der Waals surface area (Å²) in [5, 5.41) is 12.8. The van der Waals surface area contributed by atoms with E-state index in [2.05, 4.69) is 11.2 Å². The molecule has 100 valence electrons. The molecule has 1 heterocycles. The lowest BCUT2D eigenvalue weighted by atomic mass is 10.4. The number of carbonyl (C=O) groups is 3. The Morgan fingerprint density at radius 3 is 2.74 bits per heavy atom. The highest BCUT2D eigenvalue weighted by Gasteiger charge is 2.17. The van der Waals surface area contributed by atoms with Crippen molar-refractivity contribution in [3.8, 4) is 12.3 Å². The molecular formula is C12H12N2O4S. The van der Waals surface area contributed by atoms with Crippen molar-refractivity contribution >= 4 is 29.1 Å². The van der Waals surface area contributed by atoms with Crippen LogP contribution in [0.3, 0.4) is 0 Å². The van der Waals surface area contributed by atoms with Crippen LogP contribution in [0.5, 0.6) is 0 Å². The first-order chi connectivity index (χ1) is 9.04. The minimum absolute atomic E-state index is 0.111. The van der Waals surface area contributed by atoms with Gasteiger partial charge in [-0.15, -0.1) is 17.8 Å². The van der Waals surface area contributed by atoms with E-state index < -0.39 is 18.4 Å². The van der Waals surface area contributed by atoms with Gasteiger partial charge < -0.3 is 15.3 Å². The third-order valence-corrected chi connectivity index (χ3v) is 2.97. The topological polar surface area (TPSA) is 86.7 Å². The smallest absolute Gasteiger partial charge is 0.323 e. The zero-order chi connectivity index (χ0) is 14.3. The third-order valence-electron chi connectivity index (χ3n) is 2.11. The minimum atomic E-state index is -1.16. The van der Waals surface area contributed by atoms with Gasteiger partial charge in [-0.2, -0.15) is 0 Å². The number of amides is 2. The fourth-order valence-corrected chi connectivity index (χ4v) is 1.91. The second kappa shape index (κ2) is 7.18. The Morgan fingerprint density at radius 2 is 2.21 bits per heavy atom. The summed E-state index contributed by atoms with van der Waals surface area (Å²) >= 11 is 1.25. The van der Waals surface area contributed by atoms with Gasteiger partial charge in [0.15, 0.2) is 0 Å². The summed E-state index contributed by atoms with van der Waals surface area (Å²) in [6, 6.07) is 3.34. The average Bonchev–Trinajstić information content (AvgIpc) is 2.88. The maximum atomic E-state index is 11.7. The van der Waals surface area contributed by atoms with Crippen molar-refractivity contribution in [3.63, 3.8) is 0 Å². The van der Waals surface area contributed by atoms with Crippen LogP contribution in [-0.2, 0) is 9.59 Å². The number of hydrogen-bond acceptors (Lipinski definition) is 4. The predicted octanol–water partition coefficient (Wildman–Crippen LogP) is 0.0243. The molecule has 0 spiro atoms. The SMILES string of the molecule is C#CCN(CC(=O)O)C(=O)CNC(=O)c1cccs1. The highest BCUT2D eigenvalue weighted by atomic mass is 32.1. The molecular weight excluding hydrogens is 268 g/mol. The van der Waals surface area contributed by atoms with Gasteiger partial charge in [0.05, 0.1) is 18.0 Å². The van der Waals surface area contributed by atoms with Gasteiger partial charge >= 0.3 is 5.97 Å².